The number of hydroxylamine groups is 2. The first-order chi connectivity index (χ1) is 13.0. The third-order valence-corrected chi connectivity index (χ3v) is 4.70. The van der Waals surface area contributed by atoms with E-state index in [1.807, 2.05) is 30.3 Å². The molecule has 1 saturated heterocycles. The van der Waals surface area contributed by atoms with E-state index >= 15 is 0 Å². The van der Waals surface area contributed by atoms with Gasteiger partial charge in [-0.05, 0) is 5.56 Å². The number of benzene rings is 1. The Morgan fingerprint density at radius 2 is 2.04 bits per heavy atom. The maximum atomic E-state index is 12.9. The molecule has 10 nitrogen and oxygen atoms in total. The van der Waals surface area contributed by atoms with Crippen molar-refractivity contribution in [3.05, 3.63) is 53.3 Å². The molecule has 0 aliphatic carbocycles. The number of carbonyl (C=O) groups excluding carboxylic acids is 3. The molecule has 140 valence electrons. The summed E-state index contributed by atoms with van der Waals surface area (Å²) in [6, 6.07) is 6.41. The van der Waals surface area contributed by atoms with Gasteiger partial charge in [-0.1, -0.05) is 30.3 Å². The van der Waals surface area contributed by atoms with Crippen LogP contribution in [0.25, 0.3) is 0 Å². The van der Waals surface area contributed by atoms with Gasteiger partial charge in [0.25, 0.3) is 0 Å². The van der Waals surface area contributed by atoms with Crippen LogP contribution in [0.4, 0.5) is 9.59 Å². The topological polar surface area (TPSA) is 120 Å². The smallest absolute Gasteiger partial charge is 0.345 e. The summed E-state index contributed by atoms with van der Waals surface area (Å²) < 4.78 is 5.75. The zero-order valence-corrected chi connectivity index (χ0v) is 14.4. The van der Waals surface area contributed by atoms with Crippen molar-refractivity contribution in [1.29, 1.82) is 0 Å². The number of aromatic nitrogens is 2. The second-order valence-electron chi connectivity index (χ2n) is 6.20. The molecule has 0 spiro atoms. The molecule has 3 amide bonds. The predicted octanol–water partition coefficient (Wildman–Crippen LogP) is 0.948. The summed E-state index contributed by atoms with van der Waals surface area (Å²) in [4.78, 5) is 44.0. The number of amides is 3. The molecule has 4 rings (SSSR count). The lowest BCUT2D eigenvalue weighted by molar-refractivity contribution is -0.146. The Kier molecular flexibility index (Phi) is 4.04. The van der Waals surface area contributed by atoms with Crippen molar-refractivity contribution in [3.8, 4) is 0 Å². The number of fused-ring (bicyclic) bond motifs is 4. The lowest BCUT2D eigenvalue weighted by atomic mass is 9.98. The summed E-state index contributed by atoms with van der Waals surface area (Å²) >= 11 is 0. The van der Waals surface area contributed by atoms with E-state index in [0.717, 1.165) is 10.2 Å². The molecule has 27 heavy (non-hydrogen) atoms. The number of primary amides is 1. The monoisotopic (exact) mass is 371 g/mol. The number of esters is 1. The van der Waals surface area contributed by atoms with Crippen molar-refractivity contribution < 1.29 is 24.0 Å². The zero-order chi connectivity index (χ0) is 19.1. The number of hydrogen-bond acceptors (Lipinski definition) is 6. The lowest BCUT2D eigenvalue weighted by Crippen LogP contribution is -2.41. The lowest BCUT2D eigenvalue weighted by Gasteiger charge is -2.28. The number of methoxy groups -OCH3 is 1. The van der Waals surface area contributed by atoms with Gasteiger partial charge in [0, 0.05) is 5.56 Å². The molecule has 2 bridgehead atoms. The van der Waals surface area contributed by atoms with Crippen LogP contribution in [0.1, 0.15) is 28.9 Å². The average molecular weight is 371 g/mol. The Balaban J connectivity index is 1.70. The molecule has 10 heteroatoms. The third-order valence-electron chi connectivity index (χ3n) is 4.70. The van der Waals surface area contributed by atoms with Crippen molar-refractivity contribution in [2.75, 3.05) is 13.7 Å². The van der Waals surface area contributed by atoms with Crippen LogP contribution >= 0.6 is 0 Å². The molecular weight excluding hydrogens is 354 g/mol. The Labute approximate surface area is 154 Å². The van der Waals surface area contributed by atoms with Gasteiger partial charge < -0.3 is 15.4 Å². The van der Waals surface area contributed by atoms with Gasteiger partial charge in [-0.2, -0.15) is 14.8 Å². The second kappa shape index (κ2) is 6.40. The highest BCUT2D eigenvalue weighted by Gasteiger charge is 2.53. The van der Waals surface area contributed by atoms with Crippen molar-refractivity contribution >= 4 is 18.0 Å². The summed E-state index contributed by atoms with van der Waals surface area (Å²) in [5, 5.41) is 5.19. The van der Waals surface area contributed by atoms with Crippen LogP contribution in [0, 0.1) is 0 Å². The van der Waals surface area contributed by atoms with Crippen molar-refractivity contribution in [1.82, 2.24) is 19.7 Å². The van der Waals surface area contributed by atoms with E-state index in [0.29, 0.717) is 5.56 Å². The highest BCUT2D eigenvalue weighted by atomic mass is 16.7. The predicted molar refractivity (Wildman–Crippen MR) is 89.9 cm³/mol. The van der Waals surface area contributed by atoms with E-state index in [1.54, 1.807) is 0 Å². The number of urea groups is 1. The number of nitrogens with two attached hydrogens (primary N) is 1. The van der Waals surface area contributed by atoms with Crippen molar-refractivity contribution in [2.24, 2.45) is 5.73 Å². The van der Waals surface area contributed by atoms with Crippen LogP contribution in [-0.2, 0) is 21.0 Å². The standard InChI is InChI=1S/C17H17N5O5/c1-26-15(23)14-13-11(7-19-21(13)16(18)24)12-8-20(14)17(25)22(12)27-9-10-5-3-2-4-6-10/h2-7,12,14H,8-9H2,1H3,(H2,18,24)/t12-,14?/m1/s1. The largest absolute Gasteiger partial charge is 0.467 e. The minimum absolute atomic E-state index is 0.180. The first-order valence-electron chi connectivity index (χ1n) is 8.25. The molecule has 2 aliphatic rings. The van der Waals surface area contributed by atoms with Gasteiger partial charge in [0.15, 0.2) is 6.04 Å². The SMILES string of the molecule is COC(=O)C1c2c(cnn2C(N)=O)[C@H]2CN1C(=O)N2OCc1ccccc1. The maximum absolute atomic E-state index is 12.9. The molecule has 2 aromatic rings. The molecule has 2 N–H and O–H groups in total. The van der Waals surface area contributed by atoms with Crippen LogP contribution in [0.2, 0.25) is 0 Å². The van der Waals surface area contributed by atoms with E-state index in [1.165, 1.54) is 23.3 Å². The quantitative estimate of drug-likeness (QED) is 0.799. The second-order valence-corrected chi connectivity index (χ2v) is 6.20. The van der Waals surface area contributed by atoms with E-state index in [2.05, 4.69) is 5.10 Å². The first kappa shape index (κ1) is 17.0. The van der Waals surface area contributed by atoms with Gasteiger partial charge in [0.2, 0.25) is 0 Å². The highest BCUT2D eigenvalue weighted by Crippen LogP contribution is 2.44. The van der Waals surface area contributed by atoms with Gasteiger partial charge in [-0.15, -0.1) is 0 Å². The van der Waals surface area contributed by atoms with E-state index in [-0.39, 0.29) is 18.8 Å². The maximum Gasteiger partial charge on any atom is 0.345 e. The fourth-order valence-electron chi connectivity index (χ4n) is 3.48. The molecule has 1 aromatic carbocycles. The number of carbonyl (C=O) groups is 3. The molecule has 3 heterocycles. The number of nitrogens with zero attached hydrogens (tertiary/aromatic N) is 4. The van der Waals surface area contributed by atoms with Gasteiger partial charge >= 0.3 is 18.0 Å². The van der Waals surface area contributed by atoms with Gasteiger partial charge in [-0.25, -0.2) is 14.4 Å². The third kappa shape index (κ3) is 2.61. The minimum Gasteiger partial charge on any atom is -0.467 e. The molecule has 1 aromatic heterocycles. The van der Waals surface area contributed by atoms with Gasteiger partial charge in [-0.3, -0.25) is 4.84 Å². The van der Waals surface area contributed by atoms with Crippen LogP contribution in [0.15, 0.2) is 36.5 Å². The zero-order valence-electron chi connectivity index (χ0n) is 14.4. The number of hydrogen-bond donors (Lipinski definition) is 1. The van der Waals surface area contributed by atoms with E-state index in [9.17, 15) is 14.4 Å². The van der Waals surface area contributed by atoms with Crippen LogP contribution in [0.3, 0.4) is 0 Å². The normalized spacial score (nSPS) is 20.6. The fourth-order valence-corrected chi connectivity index (χ4v) is 3.48. The molecule has 0 saturated carbocycles. The number of ether oxygens (including phenoxy) is 1. The van der Waals surface area contributed by atoms with Crippen molar-refractivity contribution in [3.63, 3.8) is 0 Å². The molecule has 1 unspecified atom stereocenters. The minimum atomic E-state index is -1.12. The van der Waals surface area contributed by atoms with Crippen molar-refractivity contribution in [2.45, 2.75) is 18.7 Å². The Bertz CT molecular complexity index is 912. The summed E-state index contributed by atoms with van der Waals surface area (Å²) in [5.74, 6) is -0.684. The van der Waals surface area contributed by atoms with Gasteiger partial charge in [0.1, 0.15) is 12.6 Å². The molecule has 0 radical (unpaired) electrons. The van der Waals surface area contributed by atoms with Crippen LogP contribution in [-0.4, -0.2) is 51.4 Å². The van der Waals surface area contributed by atoms with Gasteiger partial charge in [0.05, 0.1) is 25.5 Å². The summed E-state index contributed by atoms with van der Waals surface area (Å²) in [5.41, 5.74) is 7.00. The molecular formula is C17H17N5O5. The number of rotatable bonds is 4. The Morgan fingerprint density at radius 1 is 1.30 bits per heavy atom. The summed E-state index contributed by atoms with van der Waals surface area (Å²) in [6.07, 6.45) is 1.43. The Hall–Kier alpha value is -3.40. The molecule has 2 atom stereocenters. The molecule has 1 fully saturated rings. The first-order valence-corrected chi connectivity index (χ1v) is 8.25. The fraction of sp³-hybridized carbons (Fsp3) is 0.294. The summed E-state index contributed by atoms with van der Waals surface area (Å²) in [7, 11) is 1.21. The van der Waals surface area contributed by atoms with E-state index in [4.69, 9.17) is 15.3 Å². The Morgan fingerprint density at radius 3 is 2.70 bits per heavy atom. The molecule has 2 aliphatic heterocycles. The van der Waals surface area contributed by atoms with Crippen LogP contribution < -0.4 is 5.73 Å². The average Bonchev–Trinajstić information content (AvgIpc) is 3.23. The van der Waals surface area contributed by atoms with Crippen LogP contribution in [0.5, 0.6) is 0 Å². The summed E-state index contributed by atoms with van der Waals surface area (Å²) in [6.45, 7) is 0.393. The highest BCUT2D eigenvalue weighted by molar-refractivity contribution is 5.89. The van der Waals surface area contributed by atoms with E-state index < -0.39 is 30.1 Å².